The Bertz CT molecular complexity index is 7040. The molecule has 15 aromatic carbocycles. The number of hydrogen-bond acceptors (Lipinski definition) is 8. The highest BCUT2D eigenvalue weighted by Crippen LogP contribution is 2.43. The average Bonchev–Trinajstić information content (AvgIpc) is 1.59. The van der Waals surface area contributed by atoms with Gasteiger partial charge in [0.05, 0.1) is 102 Å². The van der Waals surface area contributed by atoms with Gasteiger partial charge in [0.25, 0.3) is 0 Å². The molecule has 11 nitrogen and oxygen atoms in total. The minimum atomic E-state index is 0.691. The minimum Gasteiger partial charge on any atom is -0.464 e. The molecular weight excluding hydrogens is 1470 g/mol. The van der Waals surface area contributed by atoms with Crippen LogP contribution in [-0.2, 0) is 0 Å². The maximum Gasteiger partial charge on any atom is 0.160 e. The van der Waals surface area contributed by atoms with Crippen LogP contribution in [0.2, 0.25) is 0 Å². The fraction of sp³-hybridized carbons (Fsp3) is 0. The van der Waals surface area contributed by atoms with Crippen molar-refractivity contribution < 1.29 is 13.3 Å². The molecule has 0 aliphatic carbocycles. The van der Waals surface area contributed by atoms with Crippen molar-refractivity contribution in [2.24, 2.45) is 0 Å². The fourth-order valence-corrected chi connectivity index (χ4v) is 17.1. The fourth-order valence-electron chi connectivity index (χ4n) is 17.1. The third kappa shape index (κ3) is 12.8. The molecule has 24 aromatic rings. The van der Waals surface area contributed by atoms with E-state index < -0.39 is 0 Å². The molecule has 9 aromatic heterocycles. The van der Waals surface area contributed by atoms with Crippen LogP contribution >= 0.6 is 0 Å². The molecule has 0 fully saturated rings. The number of para-hydroxylation sites is 3. The van der Waals surface area contributed by atoms with Crippen LogP contribution in [0.1, 0.15) is 0 Å². The molecule has 0 amide bonds. The predicted octanol–water partition coefficient (Wildman–Crippen LogP) is 28.6. The molecule has 0 unspecified atom stereocenters. The van der Waals surface area contributed by atoms with Crippen molar-refractivity contribution in [3.05, 3.63) is 425 Å². The van der Waals surface area contributed by atoms with E-state index in [1.54, 1.807) is 18.8 Å². The number of furan rings is 3. The number of benzene rings is 15. The lowest BCUT2D eigenvalue weighted by atomic mass is 10.00. The van der Waals surface area contributed by atoms with Crippen LogP contribution in [0.3, 0.4) is 0 Å². The normalized spacial score (nSPS) is 11.5. The molecule has 0 aliphatic rings. The molecule has 9 heterocycles. The Morgan fingerprint density at radius 2 is 0.450 bits per heavy atom. The summed E-state index contributed by atoms with van der Waals surface area (Å²) in [6, 6.07) is 141. The van der Waals surface area contributed by atoms with E-state index in [0.29, 0.717) is 11.6 Å². The van der Waals surface area contributed by atoms with Gasteiger partial charge in [-0.15, -0.1) is 0 Å². The molecule has 120 heavy (non-hydrogen) atoms. The molecule has 24 rings (SSSR count). The molecular formula is C109H70N8O3. The van der Waals surface area contributed by atoms with E-state index >= 15 is 0 Å². The number of aromatic nitrogens is 8. The van der Waals surface area contributed by atoms with E-state index in [-0.39, 0.29) is 0 Å². The Kier molecular flexibility index (Phi) is 17.6. The van der Waals surface area contributed by atoms with Gasteiger partial charge in [0.2, 0.25) is 0 Å². The van der Waals surface area contributed by atoms with Crippen LogP contribution in [0.25, 0.3) is 217 Å². The van der Waals surface area contributed by atoms with Gasteiger partial charge < -0.3 is 27.0 Å². The zero-order chi connectivity index (χ0) is 79.4. The summed E-state index contributed by atoms with van der Waals surface area (Å²) >= 11 is 0. The van der Waals surface area contributed by atoms with Crippen molar-refractivity contribution in [1.82, 2.24) is 38.6 Å². The van der Waals surface area contributed by atoms with Crippen LogP contribution in [-0.4, -0.2) is 38.6 Å². The summed E-state index contributed by atoms with van der Waals surface area (Å²) in [5.74, 6) is 1.40. The third-order valence-corrected chi connectivity index (χ3v) is 22.6. The first kappa shape index (κ1) is 70.3. The highest BCUT2D eigenvalue weighted by atomic mass is 16.3. The quantitative estimate of drug-likeness (QED) is 0.119. The summed E-state index contributed by atoms with van der Waals surface area (Å²) in [6.07, 6.45) is 5.30. The lowest BCUT2D eigenvalue weighted by Gasteiger charge is -2.13. The van der Waals surface area contributed by atoms with Crippen LogP contribution in [0.5, 0.6) is 0 Å². The van der Waals surface area contributed by atoms with Crippen LogP contribution in [0.15, 0.2) is 438 Å². The van der Waals surface area contributed by atoms with Gasteiger partial charge in [-0.05, 0) is 145 Å². The summed E-state index contributed by atoms with van der Waals surface area (Å²) in [7, 11) is 0. The Morgan fingerprint density at radius 3 is 0.817 bits per heavy atom. The Balaban J connectivity index is 0.000000108. The minimum absolute atomic E-state index is 0.691. The van der Waals surface area contributed by atoms with E-state index in [1.807, 2.05) is 97.1 Å². The zero-order valence-electron chi connectivity index (χ0n) is 64.7. The van der Waals surface area contributed by atoms with E-state index in [9.17, 15) is 0 Å². The molecule has 0 bridgehead atoms. The number of nitrogens with zero attached hydrogens (tertiary/aromatic N) is 8. The van der Waals surface area contributed by atoms with E-state index in [0.717, 1.165) is 189 Å². The van der Waals surface area contributed by atoms with Gasteiger partial charge in [0.1, 0.15) is 16.7 Å². The number of fused-ring (bicyclic) bond motifs is 15. The van der Waals surface area contributed by atoms with Crippen molar-refractivity contribution in [3.8, 4) is 119 Å². The summed E-state index contributed by atoms with van der Waals surface area (Å²) in [4.78, 5) is 25.2. The monoisotopic (exact) mass is 1540 g/mol. The molecule has 0 aliphatic heterocycles. The second-order valence-corrected chi connectivity index (χ2v) is 29.9. The van der Waals surface area contributed by atoms with Gasteiger partial charge in [-0.25, -0.2) is 24.9 Å². The van der Waals surface area contributed by atoms with Crippen molar-refractivity contribution in [3.63, 3.8) is 0 Å². The molecule has 0 atom stereocenters. The summed E-state index contributed by atoms with van der Waals surface area (Å²) < 4.78 is 24.8. The molecule has 0 N–H and O–H groups in total. The van der Waals surface area contributed by atoms with Crippen molar-refractivity contribution in [2.75, 3.05) is 0 Å². The lowest BCUT2D eigenvalue weighted by molar-refractivity contribution is 0.619. The highest BCUT2D eigenvalue weighted by Gasteiger charge is 2.23. The van der Waals surface area contributed by atoms with Gasteiger partial charge in [-0.2, -0.15) is 0 Å². The van der Waals surface area contributed by atoms with Crippen LogP contribution < -0.4 is 0 Å². The molecule has 11 heteroatoms. The number of pyridine rings is 1. The lowest BCUT2D eigenvalue weighted by Crippen LogP contribution is -1.98. The first-order valence-electron chi connectivity index (χ1n) is 40.1. The molecule has 0 saturated heterocycles. The average molecular weight is 1540 g/mol. The largest absolute Gasteiger partial charge is 0.464 e. The third-order valence-electron chi connectivity index (χ3n) is 22.6. The Morgan fingerprint density at radius 1 is 0.175 bits per heavy atom. The summed E-state index contributed by atoms with van der Waals surface area (Å²) in [6.45, 7) is 0. The van der Waals surface area contributed by atoms with Gasteiger partial charge >= 0.3 is 0 Å². The predicted molar refractivity (Wildman–Crippen MR) is 490 cm³/mol. The number of hydrogen-bond donors (Lipinski definition) is 0. The first-order valence-corrected chi connectivity index (χ1v) is 40.1. The number of rotatable bonds is 12. The zero-order valence-corrected chi connectivity index (χ0v) is 64.7. The second-order valence-electron chi connectivity index (χ2n) is 29.9. The van der Waals surface area contributed by atoms with Crippen LogP contribution in [0.4, 0.5) is 0 Å². The van der Waals surface area contributed by atoms with E-state index in [4.69, 9.17) is 38.2 Å². The van der Waals surface area contributed by atoms with Gasteiger partial charge in [0, 0.05) is 93.9 Å². The Hall–Kier alpha value is -16.4. The summed E-state index contributed by atoms with van der Waals surface area (Å²) in [5.41, 5.74) is 28.8. The SMILES string of the molecule is c1ccc(-c2cc(-c3cccc(-n4c5ccccc5c5c6occc6ccc54)c3)nc(-c3ccccc3)n2)cc1.c1ccc(-c2cc(-c3ccccc3)nc(-c3cccc(-n4c5ccccc5c5c6occc6ccc54)c3)c2)cc1.c1ccc(-c2cc(-c3ccccc3)nc(-c3cccc(-n4c5ccccc5c5c6occc6ccc54)c3)n2)cc1. The van der Waals surface area contributed by atoms with Gasteiger partial charge in [0.15, 0.2) is 11.6 Å². The highest BCUT2D eigenvalue weighted by molar-refractivity contribution is 6.22. The molecule has 0 radical (unpaired) electrons. The topological polar surface area (TPSA) is 119 Å². The first-order chi connectivity index (χ1) is 59.5. The van der Waals surface area contributed by atoms with Crippen molar-refractivity contribution in [1.29, 1.82) is 0 Å². The molecule has 0 saturated carbocycles. The van der Waals surface area contributed by atoms with E-state index in [1.165, 1.54) is 16.3 Å². The molecule has 0 spiro atoms. The van der Waals surface area contributed by atoms with Crippen molar-refractivity contribution in [2.45, 2.75) is 0 Å². The maximum absolute atomic E-state index is 5.97. The summed E-state index contributed by atoms with van der Waals surface area (Å²) in [5, 5.41) is 10.2. The maximum atomic E-state index is 5.97. The van der Waals surface area contributed by atoms with Gasteiger partial charge in [-0.3, -0.25) is 0 Å². The van der Waals surface area contributed by atoms with Crippen LogP contribution in [0, 0.1) is 0 Å². The molecule has 564 valence electrons. The Labute approximate surface area is 689 Å². The van der Waals surface area contributed by atoms with Gasteiger partial charge in [-0.1, -0.05) is 273 Å². The van der Waals surface area contributed by atoms with Crippen molar-refractivity contribution >= 4 is 98.3 Å². The van der Waals surface area contributed by atoms with E-state index in [2.05, 4.69) is 323 Å². The second kappa shape index (κ2) is 30.1. The smallest absolute Gasteiger partial charge is 0.160 e. The standard InChI is InChI=1S/C37H24N2O.2C36H23N3O/c1-3-10-25(11-4-1)29-23-32(26-12-5-2-6-13-26)38-33(24-29)28-14-9-15-30(22-28)39-34-17-8-7-16-31(34)36-35(39)19-18-27-20-21-40-37(27)36;1-3-10-24(11-4-1)30-23-31(38-36(37-30)26-12-5-2-6-13-26)27-14-9-15-28(22-27)39-32-17-8-7-16-29(32)34-33(39)19-18-25-20-21-40-35(25)34;1-3-10-24(11-4-1)30-23-31(25-12-5-2-6-13-25)38-36(37-30)27-14-9-15-28(22-27)39-32-17-8-7-16-29(32)34-33(39)19-18-26-20-21-40-35(26)34/h1-24H;2*1-23H.